The van der Waals surface area contributed by atoms with Gasteiger partial charge in [0.1, 0.15) is 0 Å². The maximum Gasteiger partial charge on any atom is 0.390 e. The summed E-state index contributed by atoms with van der Waals surface area (Å²) in [5, 5.41) is 8.71. The maximum atomic E-state index is 12.2. The molecule has 0 aliphatic heterocycles. The largest absolute Gasteiger partial charge is 0.390 e. The van der Waals surface area contributed by atoms with Crippen LogP contribution in [0, 0.1) is 14.9 Å². The summed E-state index contributed by atoms with van der Waals surface area (Å²) in [5.41, 5.74) is 0.443. The molecule has 0 saturated carbocycles. The van der Waals surface area contributed by atoms with E-state index < -0.39 is 18.5 Å². The van der Waals surface area contributed by atoms with Crippen molar-refractivity contribution in [1.82, 2.24) is 0 Å². The van der Waals surface area contributed by atoms with E-state index >= 15 is 0 Å². The number of hydrogen-bond acceptors (Lipinski definition) is 1. The van der Waals surface area contributed by atoms with Crippen LogP contribution in [0.4, 0.5) is 13.2 Å². The smallest absolute Gasteiger partial charge is 0.198 e. The van der Waals surface area contributed by atoms with Crippen LogP contribution in [-0.2, 0) is 0 Å². The van der Waals surface area contributed by atoms with Crippen molar-refractivity contribution in [2.24, 2.45) is 0 Å². The predicted octanol–water partition coefficient (Wildman–Crippen LogP) is 3.85. The van der Waals surface area contributed by atoms with Crippen molar-refractivity contribution >= 4 is 22.6 Å². The van der Waals surface area contributed by atoms with Gasteiger partial charge in [0.15, 0.2) is 0 Å². The molecule has 80 valence electrons. The van der Waals surface area contributed by atoms with Gasteiger partial charge in [0.2, 0.25) is 0 Å². The van der Waals surface area contributed by atoms with E-state index in [1.165, 1.54) is 0 Å². The van der Waals surface area contributed by atoms with Crippen LogP contribution in [0.3, 0.4) is 0 Å². The topological polar surface area (TPSA) is 23.8 Å². The molecule has 0 aliphatic rings. The maximum absolute atomic E-state index is 12.2. The first kappa shape index (κ1) is 12.3. The van der Waals surface area contributed by atoms with E-state index in [0.29, 0.717) is 9.13 Å². The number of rotatable bonds is 2. The van der Waals surface area contributed by atoms with Crippen molar-refractivity contribution in [3.63, 3.8) is 0 Å². The molecule has 5 heteroatoms. The third-order valence-corrected chi connectivity index (χ3v) is 2.85. The standard InChI is InChI=1S/C10H7F3IN/c11-10(12,13)5-7(6-15)8-3-1-2-4-9(8)14/h1-4,7H,5H2/t7-/m1/s1. The molecule has 0 radical (unpaired) electrons. The third-order valence-electron chi connectivity index (χ3n) is 1.87. The molecule has 0 amide bonds. The molecule has 0 N–H and O–H groups in total. The van der Waals surface area contributed by atoms with Crippen LogP contribution in [0.15, 0.2) is 24.3 Å². The van der Waals surface area contributed by atoms with Crippen molar-refractivity contribution in [3.8, 4) is 6.07 Å². The van der Waals surface area contributed by atoms with Gasteiger partial charge in [0, 0.05) is 3.57 Å². The quantitative estimate of drug-likeness (QED) is 0.758. The van der Waals surface area contributed by atoms with E-state index in [-0.39, 0.29) is 0 Å². The van der Waals surface area contributed by atoms with Crippen molar-refractivity contribution in [2.75, 3.05) is 0 Å². The lowest BCUT2D eigenvalue weighted by Gasteiger charge is -2.13. The van der Waals surface area contributed by atoms with Gasteiger partial charge < -0.3 is 0 Å². The van der Waals surface area contributed by atoms with Crippen LogP contribution in [0.2, 0.25) is 0 Å². The van der Waals surface area contributed by atoms with E-state index in [9.17, 15) is 13.2 Å². The number of nitriles is 1. The zero-order valence-corrected chi connectivity index (χ0v) is 9.71. The zero-order chi connectivity index (χ0) is 11.5. The molecule has 0 unspecified atom stereocenters. The van der Waals surface area contributed by atoms with Gasteiger partial charge in [-0.2, -0.15) is 18.4 Å². The Morgan fingerprint density at radius 2 is 1.93 bits per heavy atom. The normalized spacial score (nSPS) is 13.3. The molecule has 1 nitrogen and oxygen atoms in total. The highest BCUT2D eigenvalue weighted by Crippen LogP contribution is 2.32. The highest BCUT2D eigenvalue weighted by atomic mass is 127. The summed E-state index contributed by atoms with van der Waals surface area (Å²) in [6.45, 7) is 0. The van der Waals surface area contributed by atoms with Gasteiger partial charge in [-0.05, 0) is 34.2 Å². The Bertz CT molecular complexity index is 381. The van der Waals surface area contributed by atoms with Crippen LogP contribution in [0.5, 0.6) is 0 Å². The fourth-order valence-electron chi connectivity index (χ4n) is 1.21. The van der Waals surface area contributed by atoms with Crippen molar-refractivity contribution in [1.29, 1.82) is 5.26 Å². The molecule has 0 saturated heterocycles. The Morgan fingerprint density at radius 3 is 2.40 bits per heavy atom. The van der Waals surface area contributed by atoms with E-state index in [4.69, 9.17) is 5.26 Å². The summed E-state index contributed by atoms with van der Waals surface area (Å²) >= 11 is 1.93. The molecule has 15 heavy (non-hydrogen) atoms. The van der Waals surface area contributed by atoms with E-state index in [1.54, 1.807) is 30.3 Å². The van der Waals surface area contributed by atoms with Crippen LogP contribution in [0.1, 0.15) is 17.9 Å². The van der Waals surface area contributed by atoms with Crippen LogP contribution >= 0.6 is 22.6 Å². The van der Waals surface area contributed by atoms with Gasteiger partial charge in [0.05, 0.1) is 18.4 Å². The number of hydrogen-bond donors (Lipinski definition) is 0. The number of halogens is 4. The minimum atomic E-state index is -4.31. The van der Waals surface area contributed by atoms with Crippen molar-refractivity contribution in [3.05, 3.63) is 33.4 Å². The minimum Gasteiger partial charge on any atom is -0.198 e. The summed E-state index contributed by atoms with van der Waals surface area (Å²) in [6.07, 6.45) is -5.40. The second kappa shape index (κ2) is 4.84. The lowest BCUT2D eigenvalue weighted by molar-refractivity contribution is -0.136. The molecular weight excluding hydrogens is 318 g/mol. The molecule has 1 rings (SSSR count). The Labute approximate surface area is 99.0 Å². The first-order chi connectivity index (χ1) is 6.94. The summed E-state index contributed by atoms with van der Waals surface area (Å²) in [4.78, 5) is 0. The lowest BCUT2D eigenvalue weighted by atomic mass is 9.97. The molecule has 0 spiro atoms. The molecule has 0 aliphatic carbocycles. The summed E-state index contributed by atoms with van der Waals surface area (Å²) in [6, 6.07) is 8.31. The highest BCUT2D eigenvalue weighted by Gasteiger charge is 2.33. The summed E-state index contributed by atoms with van der Waals surface area (Å²) in [7, 11) is 0. The van der Waals surface area contributed by atoms with Gasteiger partial charge in [-0.15, -0.1) is 0 Å². The first-order valence-electron chi connectivity index (χ1n) is 4.15. The first-order valence-corrected chi connectivity index (χ1v) is 5.22. The Balaban J connectivity index is 2.95. The van der Waals surface area contributed by atoms with E-state index in [2.05, 4.69) is 0 Å². The molecule has 1 aromatic rings. The molecule has 0 bridgehead atoms. The second-order valence-corrected chi connectivity index (χ2v) is 4.18. The second-order valence-electron chi connectivity index (χ2n) is 3.02. The molecular formula is C10H7F3IN. The predicted molar refractivity (Wildman–Crippen MR) is 58.2 cm³/mol. The number of nitrogens with zero attached hydrogens (tertiary/aromatic N) is 1. The van der Waals surface area contributed by atoms with Gasteiger partial charge in [0.25, 0.3) is 0 Å². The van der Waals surface area contributed by atoms with Crippen LogP contribution in [-0.4, -0.2) is 6.18 Å². The minimum absolute atomic E-state index is 0.443. The Hall–Kier alpha value is -0.770. The summed E-state index contributed by atoms with van der Waals surface area (Å²) in [5.74, 6) is -1.11. The van der Waals surface area contributed by atoms with E-state index in [1.807, 2.05) is 22.6 Å². The average Bonchev–Trinajstić information content (AvgIpc) is 2.14. The Morgan fingerprint density at radius 1 is 1.33 bits per heavy atom. The molecule has 1 atom stereocenters. The van der Waals surface area contributed by atoms with E-state index in [0.717, 1.165) is 0 Å². The monoisotopic (exact) mass is 325 g/mol. The zero-order valence-electron chi connectivity index (χ0n) is 7.55. The number of benzene rings is 1. The van der Waals surface area contributed by atoms with Gasteiger partial charge >= 0.3 is 6.18 Å². The molecule has 0 aromatic heterocycles. The molecule has 1 aromatic carbocycles. The molecule has 0 heterocycles. The fourth-order valence-corrected chi connectivity index (χ4v) is 1.98. The summed E-state index contributed by atoms with van der Waals surface area (Å²) < 4.78 is 37.2. The average molecular weight is 325 g/mol. The third kappa shape index (κ3) is 3.70. The number of alkyl halides is 3. The Kier molecular flexibility index (Phi) is 3.97. The van der Waals surface area contributed by atoms with Crippen LogP contribution in [0.25, 0.3) is 0 Å². The van der Waals surface area contributed by atoms with Crippen LogP contribution < -0.4 is 0 Å². The van der Waals surface area contributed by atoms with Crippen molar-refractivity contribution in [2.45, 2.75) is 18.5 Å². The van der Waals surface area contributed by atoms with Gasteiger partial charge in [-0.25, -0.2) is 0 Å². The fraction of sp³-hybridized carbons (Fsp3) is 0.300. The van der Waals surface area contributed by atoms with Crippen molar-refractivity contribution < 1.29 is 13.2 Å². The van der Waals surface area contributed by atoms with Gasteiger partial charge in [-0.1, -0.05) is 18.2 Å². The van der Waals surface area contributed by atoms with Gasteiger partial charge in [-0.3, -0.25) is 0 Å². The SMILES string of the molecule is N#C[C@@H](CC(F)(F)F)c1ccccc1I. The molecule has 0 fully saturated rings. The highest BCUT2D eigenvalue weighted by molar-refractivity contribution is 14.1. The lowest BCUT2D eigenvalue weighted by Crippen LogP contribution is -2.13.